The summed E-state index contributed by atoms with van der Waals surface area (Å²) in [5, 5.41) is 7.66. The molecule has 2 N–H and O–H groups in total. The minimum atomic E-state index is 0.607. The molecular formula is C19H28N4O3S. The Bertz CT molecular complexity index is 761. The van der Waals surface area contributed by atoms with Crippen LogP contribution in [-0.4, -0.2) is 45.9 Å². The molecule has 148 valence electrons. The average Bonchev–Trinajstić information content (AvgIpc) is 3.17. The molecule has 7 nitrogen and oxygen atoms in total. The van der Waals surface area contributed by atoms with Gasteiger partial charge in [-0.3, -0.25) is 4.99 Å². The van der Waals surface area contributed by atoms with E-state index in [2.05, 4.69) is 27.5 Å². The molecule has 0 aliphatic rings. The third-order valence-electron chi connectivity index (χ3n) is 4.05. The van der Waals surface area contributed by atoms with Crippen LogP contribution < -0.4 is 24.8 Å². The van der Waals surface area contributed by atoms with Crippen LogP contribution in [0.4, 0.5) is 0 Å². The number of aliphatic imine (C=N–C) groups is 1. The topological polar surface area (TPSA) is 77.0 Å². The molecule has 0 unspecified atom stereocenters. The molecule has 2 rings (SSSR count). The predicted molar refractivity (Wildman–Crippen MR) is 109 cm³/mol. The lowest BCUT2D eigenvalue weighted by atomic mass is 10.1. The first-order valence-electron chi connectivity index (χ1n) is 8.82. The number of benzene rings is 1. The molecule has 0 bridgehead atoms. The van der Waals surface area contributed by atoms with E-state index in [0.29, 0.717) is 30.3 Å². The number of methoxy groups -OCH3 is 3. The molecule has 0 aliphatic heterocycles. The third kappa shape index (κ3) is 5.50. The predicted octanol–water partition coefficient (Wildman–Crippen LogP) is 2.64. The Morgan fingerprint density at radius 2 is 1.89 bits per heavy atom. The van der Waals surface area contributed by atoms with Crippen molar-refractivity contribution in [1.82, 2.24) is 15.6 Å². The van der Waals surface area contributed by atoms with E-state index >= 15 is 0 Å². The monoisotopic (exact) mass is 392 g/mol. The number of nitrogens with zero attached hydrogens (tertiary/aromatic N) is 2. The Morgan fingerprint density at radius 3 is 2.48 bits per heavy atom. The second-order valence-electron chi connectivity index (χ2n) is 5.67. The van der Waals surface area contributed by atoms with E-state index < -0.39 is 0 Å². The summed E-state index contributed by atoms with van der Waals surface area (Å²) in [6, 6.07) is 3.87. The van der Waals surface area contributed by atoms with Crippen molar-refractivity contribution in [2.24, 2.45) is 4.99 Å². The van der Waals surface area contributed by atoms with E-state index in [1.165, 1.54) is 4.88 Å². The number of hydrogen-bond donors (Lipinski definition) is 2. The van der Waals surface area contributed by atoms with Crippen molar-refractivity contribution in [2.45, 2.75) is 26.3 Å². The summed E-state index contributed by atoms with van der Waals surface area (Å²) in [5.41, 5.74) is 1.03. The van der Waals surface area contributed by atoms with Crippen molar-refractivity contribution < 1.29 is 14.2 Å². The molecule has 1 heterocycles. The molecule has 1 aromatic carbocycles. The first-order chi connectivity index (χ1) is 13.2. The molecule has 27 heavy (non-hydrogen) atoms. The Morgan fingerprint density at radius 1 is 1.11 bits per heavy atom. The maximum Gasteiger partial charge on any atom is 0.203 e. The summed E-state index contributed by atoms with van der Waals surface area (Å²) in [7, 11) is 6.61. The van der Waals surface area contributed by atoms with Gasteiger partial charge >= 0.3 is 0 Å². The van der Waals surface area contributed by atoms with Gasteiger partial charge in [0.05, 0.1) is 27.9 Å². The fourth-order valence-corrected chi connectivity index (χ4v) is 3.45. The molecule has 0 spiro atoms. The molecule has 2 aromatic rings. The molecule has 1 aromatic heterocycles. The zero-order valence-electron chi connectivity index (χ0n) is 16.6. The van der Waals surface area contributed by atoms with E-state index in [1.54, 1.807) is 39.7 Å². The lowest BCUT2D eigenvalue weighted by Crippen LogP contribution is -2.37. The van der Waals surface area contributed by atoms with Gasteiger partial charge < -0.3 is 24.8 Å². The first-order valence-corrected chi connectivity index (χ1v) is 9.64. The standard InChI is InChI=1S/C19H28N4O3S/c1-6-14-11-22-16(27-14)12-23-19(20-2)21-10-9-13-7-8-15(24-3)18(26-5)17(13)25-4/h7-8,11H,6,9-10,12H2,1-5H3,(H2,20,21,23). The molecule has 0 amide bonds. The van der Waals surface area contributed by atoms with Gasteiger partial charge in [-0.25, -0.2) is 4.98 Å². The fourth-order valence-electron chi connectivity index (χ4n) is 2.65. The van der Waals surface area contributed by atoms with Gasteiger partial charge in [0.2, 0.25) is 5.75 Å². The average molecular weight is 393 g/mol. The third-order valence-corrected chi connectivity index (χ3v) is 5.19. The smallest absolute Gasteiger partial charge is 0.203 e. The second-order valence-corrected chi connectivity index (χ2v) is 6.87. The van der Waals surface area contributed by atoms with Crippen LogP contribution in [-0.2, 0) is 19.4 Å². The number of aromatic nitrogens is 1. The van der Waals surface area contributed by atoms with Crippen molar-refractivity contribution in [1.29, 1.82) is 0 Å². The molecule has 0 radical (unpaired) electrons. The van der Waals surface area contributed by atoms with E-state index in [4.69, 9.17) is 14.2 Å². The van der Waals surface area contributed by atoms with Gasteiger partial charge in [-0.15, -0.1) is 11.3 Å². The molecule has 0 atom stereocenters. The quantitative estimate of drug-likeness (QED) is 0.505. The molecule has 0 aliphatic carbocycles. The van der Waals surface area contributed by atoms with Crippen LogP contribution in [0.1, 0.15) is 22.4 Å². The van der Waals surface area contributed by atoms with Gasteiger partial charge in [0.1, 0.15) is 5.01 Å². The van der Waals surface area contributed by atoms with Gasteiger partial charge in [-0.1, -0.05) is 13.0 Å². The number of aryl methyl sites for hydroxylation is 1. The van der Waals surface area contributed by atoms with E-state index in [1.807, 2.05) is 18.3 Å². The van der Waals surface area contributed by atoms with Crippen LogP contribution in [0.5, 0.6) is 17.2 Å². The van der Waals surface area contributed by atoms with Crippen LogP contribution >= 0.6 is 11.3 Å². The number of ether oxygens (including phenoxy) is 3. The van der Waals surface area contributed by atoms with Crippen LogP contribution in [0.25, 0.3) is 0 Å². The summed E-state index contributed by atoms with van der Waals surface area (Å²) in [5.74, 6) is 2.69. The van der Waals surface area contributed by atoms with Gasteiger partial charge in [0, 0.05) is 30.2 Å². The summed E-state index contributed by atoms with van der Waals surface area (Å²) >= 11 is 1.72. The van der Waals surface area contributed by atoms with Crippen molar-refractivity contribution in [3.63, 3.8) is 0 Å². The highest BCUT2D eigenvalue weighted by atomic mass is 32.1. The molecular weight excluding hydrogens is 364 g/mol. The lowest BCUT2D eigenvalue weighted by molar-refractivity contribution is 0.322. The number of guanidine groups is 1. The first kappa shape index (κ1) is 20.8. The van der Waals surface area contributed by atoms with Gasteiger partial charge in [-0.2, -0.15) is 0 Å². The number of thiazole rings is 1. The van der Waals surface area contributed by atoms with E-state index in [0.717, 1.165) is 29.4 Å². The maximum atomic E-state index is 5.53. The van der Waals surface area contributed by atoms with Gasteiger partial charge in [0.25, 0.3) is 0 Å². The van der Waals surface area contributed by atoms with Gasteiger partial charge in [0.15, 0.2) is 17.5 Å². The second kappa shape index (κ2) is 10.6. The van der Waals surface area contributed by atoms with Crippen LogP contribution in [0, 0.1) is 0 Å². The SMILES string of the molecule is CCc1cnc(CNC(=NC)NCCc2ccc(OC)c(OC)c2OC)s1. The Kier molecular flexibility index (Phi) is 8.19. The van der Waals surface area contributed by atoms with Crippen LogP contribution in [0.15, 0.2) is 23.3 Å². The summed E-state index contributed by atoms with van der Waals surface area (Å²) in [6.45, 7) is 3.49. The van der Waals surface area contributed by atoms with Crippen LogP contribution in [0.2, 0.25) is 0 Å². The molecule has 8 heteroatoms. The van der Waals surface area contributed by atoms with Crippen molar-refractivity contribution >= 4 is 17.3 Å². The lowest BCUT2D eigenvalue weighted by Gasteiger charge is -2.16. The maximum absolute atomic E-state index is 5.53. The number of hydrogen-bond acceptors (Lipinski definition) is 6. The highest BCUT2D eigenvalue weighted by molar-refractivity contribution is 7.11. The summed E-state index contributed by atoms with van der Waals surface area (Å²) in [6.07, 6.45) is 3.69. The molecule has 0 saturated carbocycles. The van der Waals surface area contributed by atoms with E-state index in [9.17, 15) is 0 Å². The highest BCUT2D eigenvalue weighted by Gasteiger charge is 2.15. The Labute approximate surface area is 164 Å². The zero-order chi connectivity index (χ0) is 19.6. The minimum Gasteiger partial charge on any atom is -0.493 e. The summed E-state index contributed by atoms with van der Waals surface area (Å²) in [4.78, 5) is 9.96. The van der Waals surface area contributed by atoms with Crippen molar-refractivity contribution in [3.8, 4) is 17.2 Å². The van der Waals surface area contributed by atoms with Crippen molar-refractivity contribution in [2.75, 3.05) is 34.9 Å². The van der Waals surface area contributed by atoms with Crippen molar-refractivity contribution in [3.05, 3.63) is 33.8 Å². The zero-order valence-corrected chi connectivity index (χ0v) is 17.4. The fraction of sp³-hybridized carbons (Fsp3) is 0.474. The highest BCUT2D eigenvalue weighted by Crippen LogP contribution is 2.39. The Balaban J connectivity index is 1.92. The summed E-state index contributed by atoms with van der Waals surface area (Å²) < 4.78 is 16.3. The normalized spacial score (nSPS) is 11.2. The van der Waals surface area contributed by atoms with Gasteiger partial charge in [-0.05, 0) is 18.9 Å². The van der Waals surface area contributed by atoms with Crippen LogP contribution in [0.3, 0.4) is 0 Å². The van der Waals surface area contributed by atoms with E-state index in [-0.39, 0.29) is 0 Å². The number of nitrogens with one attached hydrogen (secondary N) is 2. The minimum absolute atomic E-state index is 0.607. The Hall–Kier alpha value is -2.48. The number of rotatable bonds is 9. The molecule has 0 fully saturated rings. The molecule has 0 saturated heterocycles. The largest absolute Gasteiger partial charge is 0.493 e.